The maximum Gasteiger partial charge on any atom is 0.147 e. The summed E-state index contributed by atoms with van der Waals surface area (Å²) in [5, 5.41) is 6.60. The Morgan fingerprint density at radius 1 is 1.19 bits per heavy atom. The monoisotopic (exact) mass is 211 g/mol. The van der Waals surface area contributed by atoms with Crippen LogP contribution in [0.5, 0.6) is 0 Å². The molecule has 0 saturated heterocycles. The molecule has 2 heterocycles. The van der Waals surface area contributed by atoms with Gasteiger partial charge in [-0.3, -0.25) is 4.99 Å². The first-order valence-electron chi connectivity index (χ1n) is 5.49. The van der Waals surface area contributed by atoms with E-state index >= 15 is 0 Å². The zero-order valence-electron chi connectivity index (χ0n) is 9.22. The predicted octanol–water partition coefficient (Wildman–Crippen LogP) is 2.06. The second kappa shape index (κ2) is 3.59. The van der Waals surface area contributed by atoms with Crippen molar-refractivity contribution in [1.29, 1.82) is 0 Å². The van der Waals surface area contributed by atoms with Crippen LogP contribution in [0.2, 0.25) is 0 Å². The number of benzene rings is 1. The molecule has 0 N–H and O–H groups in total. The van der Waals surface area contributed by atoms with E-state index < -0.39 is 0 Å². The van der Waals surface area contributed by atoms with E-state index in [1.165, 1.54) is 5.57 Å². The molecule has 0 atom stereocenters. The van der Waals surface area contributed by atoms with Gasteiger partial charge in [0, 0.05) is 5.56 Å². The first-order valence-corrected chi connectivity index (χ1v) is 5.49. The van der Waals surface area contributed by atoms with Crippen LogP contribution in [0.4, 0.5) is 0 Å². The number of nitrogens with zero attached hydrogens (tertiary/aromatic N) is 3. The Balaban J connectivity index is 2.02. The van der Waals surface area contributed by atoms with Crippen LogP contribution in [0.25, 0.3) is 0 Å². The molecule has 2 aliphatic heterocycles. The Morgan fingerprint density at radius 3 is 2.81 bits per heavy atom. The van der Waals surface area contributed by atoms with Crippen molar-refractivity contribution >= 4 is 11.5 Å². The van der Waals surface area contributed by atoms with Crippen molar-refractivity contribution in [3.05, 3.63) is 47.5 Å². The Kier molecular flexibility index (Phi) is 2.10. The molecule has 80 valence electrons. The highest BCUT2D eigenvalue weighted by atomic mass is 15.5. The fraction of sp³-hybridized carbons (Fsp3) is 0.231. The normalized spacial score (nSPS) is 18.8. The fourth-order valence-corrected chi connectivity index (χ4v) is 2.04. The van der Waals surface area contributed by atoms with E-state index in [2.05, 4.69) is 35.2 Å². The van der Waals surface area contributed by atoms with Gasteiger partial charge >= 0.3 is 0 Å². The van der Waals surface area contributed by atoms with E-state index in [-0.39, 0.29) is 0 Å². The second-order valence-electron chi connectivity index (χ2n) is 4.01. The lowest BCUT2D eigenvalue weighted by Crippen LogP contribution is -2.28. The lowest BCUT2D eigenvalue weighted by atomic mass is 10.1. The van der Waals surface area contributed by atoms with Crippen LogP contribution in [0.1, 0.15) is 12.5 Å². The Hall–Kier alpha value is -1.90. The van der Waals surface area contributed by atoms with Gasteiger partial charge in [0.05, 0.1) is 18.8 Å². The topological polar surface area (TPSA) is 28.0 Å². The van der Waals surface area contributed by atoms with Crippen LogP contribution in [0.15, 0.2) is 52.1 Å². The number of allylic oxidation sites excluding steroid dienone is 1. The molecule has 1 aromatic rings. The zero-order valence-corrected chi connectivity index (χ0v) is 9.22. The summed E-state index contributed by atoms with van der Waals surface area (Å²) in [7, 11) is 0. The minimum atomic E-state index is 0.853. The average molecular weight is 211 g/mol. The molecule has 0 aromatic heterocycles. The van der Waals surface area contributed by atoms with Gasteiger partial charge in [0.2, 0.25) is 0 Å². The molecule has 16 heavy (non-hydrogen) atoms. The maximum atomic E-state index is 4.61. The standard InChI is InChI=1S/C13H13N3/c1-10-9-12(11-5-3-2-4-6-11)15-16-8-7-14-13(10)16/h2-6,9H,7-8H2,1H3. The summed E-state index contributed by atoms with van der Waals surface area (Å²) in [6.45, 7) is 3.84. The van der Waals surface area contributed by atoms with Gasteiger partial charge in [-0.1, -0.05) is 30.3 Å². The van der Waals surface area contributed by atoms with Gasteiger partial charge in [-0.2, -0.15) is 5.10 Å². The molecule has 0 radical (unpaired) electrons. The van der Waals surface area contributed by atoms with E-state index in [1.54, 1.807) is 0 Å². The molecule has 0 spiro atoms. The van der Waals surface area contributed by atoms with Crippen molar-refractivity contribution in [2.75, 3.05) is 13.1 Å². The molecule has 2 aliphatic rings. The number of hydrogen-bond acceptors (Lipinski definition) is 3. The Morgan fingerprint density at radius 2 is 2.00 bits per heavy atom. The van der Waals surface area contributed by atoms with Crippen molar-refractivity contribution < 1.29 is 0 Å². The molecule has 3 heteroatoms. The summed E-state index contributed by atoms with van der Waals surface area (Å²) in [5.74, 6) is 1.03. The largest absolute Gasteiger partial charge is 0.265 e. The van der Waals surface area contributed by atoms with E-state index in [0.717, 1.165) is 30.2 Å². The summed E-state index contributed by atoms with van der Waals surface area (Å²) >= 11 is 0. The Labute approximate surface area is 94.8 Å². The molecule has 0 unspecified atom stereocenters. The molecule has 0 saturated carbocycles. The van der Waals surface area contributed by atoms with Gasteiger partial charge in [-0.15, -0.1) is 0 Å². The van der Waals surface area contributed by atoms with Gasteiger partial charge in [-0.05, 0) is 18.6 Å². The fourth-order valence-electron chi connectivity index (χ4n) is 2.04. The summed E-state index contributed by atoms with van der Waals surface area (Å²) in [5.41, 5.74) is 3.39. The molecule has 3 rings (SSSR count). The molecule has 3 nitrogen and oxygen atoms in total. The number of aliphatic imine (C=N–C) groups is 1. The van der Waals surface area contributed by atoms with Gasteiger partial charge in [0.25, 0.3) is 0 Å². The molecule has 0 bridgehead atoms. The SMILES string of the molecule is CC1=CC(c2ccccc2)=NN2CCN=C12. The number of hydrazone groups is 1. The third-order valence-electron chi connectivity index (χ3n) is 2.82. The summed E-state index contributed by atoms with van der Waals surface area (Å²) < 4.78 is 0. The van der Waals surface area contributed by atoms with E-state index in [4.69, 9.17) is 0 Å². The van der Waals surface area contributed by atoms with Gasteiger partial charge in [-0.25, -0.2) is 5.01 Å². The van der Waals surface area contributed by atoms with Crippen LogP contribution >= 0.6 is 0 Å². The molecule has 0 aliphatic carbocycles. The van der Waals surface area contributed by atoms with E-state index in [0.29, 0.717) is 0 Å². The first kappa shape index (κ1) is 9.33. The van der Waals surface area contributed by atoms with Crippen molar-refractivity contribution in [3.8, 4) is 0 Å². The number of rotatable bonds is 1. The van der Waals surface area contributed by atoms with E-state index in [9.17, 15) is 0 Å². The van der Waals surface area contributed by atoms with Crippen LogP contribution < -0.4 is 0 Å². The first-order chi connectivity index (χ1) is 7.84. The number of amidine groups is 1. The second-order valence-corrected chi connectivity index (χ2v) is 4.01. The predicted molar refractivity (Wildman–Crippen MR) is 65.7 cm³/mol. The average Bonchev–Trinajstić information content (AvgIpc) is 2.79. The highest BCUT2D eigenvalue weighted by molar-refractivity contribution is 6.16. The lowest BCUT2D eigenvalue weighted by Gasteiger charge is -2.20. The summed E-state index contributed by atoms with van der Waals surface area (Å²) in [4.78, 5) is 4.43. The quantitative estimate of drug-likeness (QED) is 0.698. The molecule has 0 amide bonds. The van der Waals surface area contributed by atoms with E-state index in [1.807, 2.05) is 23.2 Å². The summed E-state index contributed by atoms with van der Waals surface area (Å²) in [6.07, 6.45) is 2.11. The smallest absolute Gasteiger partial charge is 0.147 e. The third kappa shape index (κ3) is 1.45. The minimum absolute atomic E-state index is 0.853. The van der Waals surface area contributed by atoms with Crippen molar-refractivity contribution in [3.63, 3.8) is 0 Å². The lowest BCUT2D eigenvalue weighted by molar-refractivity contribution is 0.487. The van der Waals surface area contributed by atoms with Crippen molar-refractivity contribution in [2.24, 2.45) is 10.1 Å². The van der Waals surface area contributed by atoms with Crippen molar-refractivity contribution in [2.45, 2.75) is 6.92 Å². The maximum absolute atomic E-state index is 4.61. The van der Waals surface area contributed by atoms with Crippen LogP contribution in [0.3, 0.4) is 0 Å². The molecular weight excluding hydrogens is 198 g/mol. The number of hydrogen-bond donors (Lipinski definition) is 0. The Bertz CT molecular complexity index is 497. The van der Waals surface area contributed by atoms with Crippen LogP contribution in [0, 0.1) is 0 Å². The zero-order chi connectivity index (χ0) is 11.0. The highest BCUT2D eigenvalue weighted by Crippen LogP contribution is 2.18. The van der Waals surface area contributed by atoms with Gasteiger partial charge < -0.3 is 0 Å². The third-order valence-corrected chi connectivity index (χ3v) is 2.82. The van der Waals surface area contributed by atoms with Gasteiger partial charge in [0.1, 0.15) is 5.84 Å². The highest BCUT2D eigenvalue weighted by Gasteiger charge is 2.22. The summed E-state index contributed by atoms with van der Waals surface area (Å²) in [6, 6.07) is 10.3. The van der Waals surface area contributed by atoms with Crippen molar-refractivity contribution in [1.82, 2.24) is 5.01 Å². The van der Waals surface area contributed by atoms with Crippen LogP contribution in [-0.4, -0.2) is 29.6 Å². The number of fused-ring (bicyclic) bond motifs is 1. The van der Waals surface area contributed by atoms with Crippen LogP contribution in [-0.2, 0) is 0 Å². The van der Waals surface area contributed by atoms with Gasteiger partial charge in [0.15, 0.2) is 0 Å². The molecule has 1 aromatic carbocycles. The molecule has 0 fully saturated rings. The minimum Gasteiger partial charge on any atom is -0.265 e. The molecular formula is C13H13N3.